The molecule has 1 unspecified atom stereocenters. The van der Waals surface area contributed by atoms with Crippen molar-refractivity contribution in [3.8, 4) is 0 Å². The smallest absolute Gasteiger partial charge is 0.330 e. The van der Waals surface area contributed by atoms with Gasteiger partial charge in [-0.25, -0.2) is 4.79 Å². The third kappa shape index (κ3) is 3.41. The average molecular weight is 319 g/mol. The Morgan fingerprint density at radius 2 is 2.33 bits per heavy atom. The summed E-state index contributed by atoms with van der Waals surface area (Å²) in [5.41, 5.74) is -0.0700. The number of methoxy groups -OCH3 is 1. The Labute approximate surface area is 111 Å². The number of hydrogen-bond acceptors (Lipinski definition) is 6. The van der Waals surface area contributed by atoms with Gasteiger partial charge in [0, 0.05) is 10.5 Å². The molecule has 0 aliphatic heterocycles. The van der Waals surface area contributed by atoms with Crippen LogP contribution in [-0.2, 0) is 9.53 Å². The van der Waals surface area contributed by atoms with Crippen LogP contribution in [0.3, 0.4) is 0 Å². The highest BCUT2D eigenvalue weighted by molar-refractivity contribution is 9.10. The Morgan fingerprint density at radius 1 is 1.67 bits per heavy atom. The van der Waals surface area contributed by atoms with E-state index in [0.717, 1.165) is 0 Å². The fraction of sp³-hybridized carbons (Fsp3) is 0.300. The summed E-state index contributed by atoms with van der Waals surface area (Å²) in [4.78, 5) is 21.5. The second-order valence-electron chi connectivity index (χ2n) is 3.32. The topological polar surface area (TPSA) is 102 Å². The molecular formula is C10H11BrN2O5. The zero-order chi connectivity index (χ0) is 13.7. The molecule has 0 bridgehead atoms. The van der Waals surface area contributed by atoms with E-state index in [9.17, 15) is 14.9 Å². The van der Waals surface area contributed by atoms with Crippen LogP contribution >= 0.6 is 15.9 Å². The largest absolute Gasteiger partial charge is 0.467 e. The predicted octanol–water partition coefficient (Wildman–Crippen LogP) is 1.30. The summed E-state index contributed by atoms with van der Waals surface area (Å²) in [6.45, 7) is -0.531. The third-order valence-electron chi connectivity index (χ3n) is 2.15. The van der Waals surface area contributed by atoms with Crippen molar-refractivity contribution in [3.05, 3.63) is 32.8 Å². The lowest BCUT2D eigenvalue weighted by Gasteiger charge is -2.15. The number of nitro benzene ring substituents is 1. The number of nitro groups is 1. The zero-order valence-electron chi connectivity index (χ0n) is 9.42. The minimum absolute atomic E-state index is 0.124. The fourth-order valence-electron chi connectivity index (χ4n) is 1.29. The number of carbonyl (C=O) groups is 1. The number of esters is 1. The van der Waals surface area contributed by atoms with Gasteiger partial charge in [-0.05, 0) is 12.1 Å². The van der Waals surface area contributed by atoms with E-state index in [-0.39, 0.29) is 11.4 Å². The Morgan fingerprint density at radius 3 is 2.83 bits per heavy atom. The van der Waals surface area contributed by atoms with Gasteiger partial charge in [0.15, 0.2) is 0 Å². The number of carbonyl (C=O) groups excluding carboxylic acids is 1. The molecule has 0 fully saturated rings. The fourth-order valence-corrected chi connectivity index (χ4v) is 1.65. The van der Waals surface area contributed by atoms with Gasteiger partial charge in [-0.3, -0.25) is 10.1 Å². The van der Waals surface area contributed by atoms with E-state index in [1.54, 1.807) is 0 Å². The molecule has 2 N–H and O–H groups in total. The summed E-state index contributed by atoms with van der Waals surface area (Å²) in [5, 5.41) is 22.4. The summed E-state index contributed by atoms with van der Waals surface area (Å²) in [5.74, 6) is -0.702. The lowest BCUT2D eigenvalue weighted by Crippen LogP contribution is -2.34. The summed E-state index contributed by atoms with van der Waals surface area (Å²) >= 11 is 3.17. The van der Waals surface area contributed by atoms with Crippen molar-refractivity contribution in [1.29, 1.82) is 0 Å². The Balaban J connectivity index is 3.04. The van der Waals surface area contributed by atoms with Crippen molar-refractivity contribution >= 4 is 33.3 Å². The first-order chi connectivity index (χ1) is 8.49. The summed E-state index contributed by atoms with van der Waals surface area (Å²) in [6, 6.07) is 3.19. The number of nitrogens with one attached hydrogen (secondary N) is 1. The molecule has 7 nitrogen and oxygen atoms in total. The molecule has 0 heterocycles. The molecule has 0 saturated heterocycles. The van der Waals surface area contributed by atoms with Gasteiger partial charge < -0.3 is 15.2 Å². The SMILES string of the molecule is COC(=O)C(CO)Nc1cc(Br)ccc1[N+](=O)[O-]. The van der Waals surface area contributed by atoms with Crippen molar-refractivity contribution in [2.75, 3.05) is 19.0 Å². The van der Waals surface area contributed by atoms with E-state index < -0.39 is 23.5 Å². The van der Waals surface area contributed by atoms with Gasteiger partial charge in [0.1, 0.15) is 11.7 Å². The lowest BCUT2D eigenvalue weighted by molar-refractivity contribution is -0.384. The number of rotatable bonds is 5. The number of hydrogen-bond donors (Lipinski definition) is 2. The zero-order valence-corrected chi connectivity index (χ0v) is 11.0. The van der Waals surface area contributed by atoms with E-state index in [1.165, 1.54) is 25.3 Å². The predicted molar refractivity (Wildman–Crippen MR) is 67.3 cm³/mol. The Bertz CT molecular complexity index is 466. The number of anilines is 1. The second kappa shape index (κ2) is 6.31. The molecule has 0 amide bonds. The highest BCUT2D eigenvalue weighted by Crippen LogP contribution is 2.28. The summed E-state index contributed by atoms with van der Waals surface area (Å²) < 4.78 is 5.07. The standard InChI is InChI=1S/C10H11BrN2O5/c1-18-10(15)8(5-14)12-7-4-6(11)2-3-9(7)13(16)17/h2-4,8,12,14H,5H2,1H3. The number of ether oxygens (including phenoxy) is 1. The molecule has 0 aliphatic rings. The second-order valence-corrected chi connectivity index (χ2v) is 4.24. The van der Waals surface area contributed by atoms with Gasteiger partial charge in [0.25, 0.3) is 5.69 Å². The van der Waals surface area contributed by atoms with Crippen molar-refractivity contribution in [3.63, 3.8) is 0 Å². The molecule has 0 radical (unpaired) electrons. The van der Waals surface area contributed by atoms with Gasteiger partial charge in [-0.2, -0.15) is 0 Å². The van der Waals surface area contributed by atoms with E-state index in [1.807, 2.05) is 0 Å². The maximum Gasteiger partial charge on any atom is 0.330 e. The average Bonchev–Trinajstić information content (AvgIpc) is 2.34. The van der Waals surface area contributed by atoms with Crippen molar-refractivity contribution in [2.45, 2.75) is 6.04 Å². The van der Waals surface area contributed by atoms with Gasteiger partial charge >= 0.3 is 5.97 Å². The molecule has 1 rings (SSSR count). The molecule has 0 saturated carbocycles. The molecule has 0 aliphatic carbocycles. The minimum atomic E-state index is -1.05. The van der Waals surface area contributed by atoms with E-state index in [4.69, 9.17) is 5.11 Å². The first kappa shape index (κ1) is 14.4. The highest BCUT2D eigenvalue weighted by atomic mass is 79.9. The van der Waals surface area contributed by atoms with Crippen LogP contribution in [0.4, 0.5) is 11.4 Å². The summed E-state index contributed by atoms with van der Waals surface area (Å²) in [7, 11) is 1.17. The minimum Gasteiger partial charge on any atom is -0.467 e. The molecule has 0 spiro atoms. The number of halogens is 1. The molecule has 1 atom stereocenters. The van der Waals surface area contributed by atoms with Crippen LogP contribution in [0.1, 0.15) is 0 Å². The quantitative estimate of drug-likeness (QED) is 0.482. The van der Waals surface area contributed by atoms with Gasteiger partial charge in [0.2, 0.25) is 0 Å². The Hall–Kier alpha value is -1.67. The van der Waals surface area contributed by atoms with Crippen LogP contribution < -0.4 is 5.32 Å². The van der Waals surface area contributed by atoms with Crippen molar-refractivity contribution in [1.82, 2.24) is 0 Å². The first-order valence-electron chi connectivity index (χ1n) is 4.88. The summed E-state index contributed by atoms with van der Waals surface area (Å²) in [6.07, 6.45) is 0. The van der Waals surface area contributed by atoms with Crippen molar-refractivity contribution < 1.29 is 19.6 Å². The van der Waals surface area contributed by atoms with Crippen LogP contribution in [0.2, 0.25) is 0 Å². The van der Waals surface area contributed by atoms with Crippen LogP contribution in [0.15, 0.2) is 22.7 Å². The van der Waals surface area contributed by atoms with E-state index in [2.05, 4.69) is 26.0 Å². The maximum atomic E-state index is 11.3. The van der Waals surface area contributed by atoms with E-state index in [0.29, 0.717) is 4.47 Å². The van der Waals surface area contributed by atoms with Gasteiger partial charge in [-0.1, -0.05) is 15.9 Å². The number of aliphatic hydroxyl groups excluding tert-OH is 1. The molecule has 0 aromatic heterocycles. The normalized spacial score (nSPS) is 11.7. The van der Waals surface area contributed by atoms with Gasteiger partial charge in [-0.15, -0.1) is 0 Å². The van der Waals surface area contributed by atoms with Crippen LogP contribution in [-0.4, -0.2) is 35.8 Å². The number of nitrogens with zero attached hydrogens (tertiary/aromatic N) is 1. The maximum absolute atomic E-state index is 11.3. The van der Waals surface area contributed by atoms with Crippen LogP contribution in [0, 0.1) is 10.1 Å². The van der Waals surface area contributed by atoms with E-state index >= 15 is 0 Å². The molecule has 98 valence electrons. The highest BCUT2D eigenvalue weighted by Gasteiger charge is 2.22. The number of aliphatic hydroxyl groups is 1. The molecular weight excluding hydrogens is 308 g/mol. The van der Waals surface area contributed by atoms with Crippen molar-refractivity contribution in [2.24, 2.45) is 0 Å². The first-order valence-corrected chi connectivity index (χ1v) is 5.68. The van der Waals surface area contributed by atoms with Crippen LogP contribution in [0.5, 0.6) is 0 Å². The molecule has 1 aromatic carbocycles. The third-order valence-corrected chi connectivity index (χ3v) is 2.65. The van der Waals surface area contributed by atoms with Crippen LogP contribution in [0.25, 0.3) is 0 Å². The number of benzene rings is 1. The molecule has 8 heteroatoms. The molecule has 18 heavy (non-hydrogen) atoms. The molecule has 1 aromatic rings. The lowest BCUT2D eigenvalue weighted by atomic mass is 10.2. The monoisotopic (exact) mass is 318 g/mol. The Kier molecular flexibility index (Phi) is 5.05. The van der Waals surface area contributed by atoms with Gasteiger partial charge in [0.05, 0.1) is 18.6 Å².